The van der Waals surface area contributed by atoms with Crippen LogP contribution in [0.2, 0.25) is 0 Å². The molecule has 3 heterocycles. The van der Waals surface area contributed by atoms with Gasteiger partial charge in [-0.3, -0.25) is 4.79 Å². The first kappa shape index (κ1) is 30.1. The molecule has 0 radical (unpaired) electrons. The lowest BCUT2D eigenvalue weighted by atomic mass is 10.0. The molecule has 0 fully saturated rings. The van der Waals surface area contributed by atoms with Gasteiger partial charge in [0.05, 0.1) is 28.9 Å². The van der Waals surface area contributed by atoms with Crippen LogP contribution in [-0.2, 0) is 32.9 Å². The van der Waals surface area contributed by atoms with E-state index in [2.05, 4.69) is 24.9 Å². The molecule has 2 aromatic carbocycles. The molecule has 4 N–H and O–H groups in total. The predicted molar refractivity (Wildman–Crippen MR) is 133 cm³/mol. The Morgan fingerprint density at radius 2 is 1.65 bits per heavy atom. The maximum Gasteiger partial charge on any atom is 0.471 e. The number of carbonyl (C=O) groups is 1. The second-order valence-electron chi connectivity index (χ2n) is 9.73. The van der Waals surface area contributed by atoms with Crippen molar-refractivity contribution in [3.8, 4) is 22.8 Å². The van der Waals surface area contributed by atoms with Gasteiger partial charge in [-0.1, -0.05) is 29.4 Å². The van der Waals surface area contributed by atoms with Crippen LogP contribution in [0.15, 0.2) is 56.3 Å². The van der Waals surface area contributed by atoms with Gasteiger partial charge in [0.2, 0.25) is 23.5 Å². The summed E-state index contributed by atoms with van der Waals surface area (Å²) in [4.78, 5) is 17.4. The zero-order valence-corrected chi connectivity index (χ0v) is 22.5. The van der Waals surface area contributed by atoms with Crippen molar-refractivity contribution in [3.63, 3.8) is 0 Å². The maximum atomic E-state index is 13.4. The highest BCUT2D eigenvalue weighted by molar-refractivity contribution is 7.91. The van der Waals surface area contributed by atoms with E-state index in [1.54, 1.807) is 0 Å². The summed E-state index contributed by atoms with van der Waals surface area (Å²) in [6.45, 7) is 0.373. The lowest BCUT2D eigenvalue weighted by Crippen LogP contribution is -2.48. The van der Waals surface area contributed by atoms with Crippen molar-refractivity contribution in [1.29, 1.82) is 0 Å². The van der Waals surface area contributed by atoms with Crippen molar-refractivity contribution >= 4 is 21.4 Å². The third kappa shape index (κ3) is 5.57. The minimum absolute atomic E-state index is 0.0214. The topological polar surface area (TPSA) is 184 Å². The molecule has 12 nitrogen and oxygen atoms in total. The Kier molecular flexibility index (Phi) is 7.09. The number of nitrogens with zero attached hydrogens (tertiary/aromatic N) is 5. The smallest absolute Gasteiger partial charge is 0.418 e. The zero-order chi connectivity index (χ0) is 31.5. The summed E-state index contributed by atoms with van der Waals surface area (Å²) < 4.78 is 114. The Morgan fingerprint density at radius 1 is 1.00 bits per heavy atom. The summed E-state index contributed by atoms with van der Waals surface area (Å²) >= 11 is 0. The van der Waals surface area contributed by atoms with Crippen LogP contribution in [-0.4, -0.2) is 52.6 Å². The molecule has 0 saturated heterocycles. The Morgan fingerprint density at radius 3 is 2.26 bits per heavy atom. The van der Waals surface area contributed by atoms with Crippen molar-refractivity contribution in [3.05, 3.63) is 59.8 Å². The second-order valence-corrected chi connectivity index (χ2v) is 11.7. The van der Waals surface area contributed by atoms with E-state index in [-0.39, 0.29) is 34.1 Å². The molecule has 2 aromatic heterocycles. The average Bonchev–Trinajstić information content (AvgIpc) is 3.60. The summed E-state index contributed by atoms with van der Waals surface area (Å²) in [5, 5.41) is 10.3. The molecule has 43 heavy (non-hydrogen) atoms. The average molecular weight is 632 g/mol. The van der Waals surface area contributed by atoms with Crippen LogP contribution in [0.1, 0.15) is 24.3 Å². The van der Waals surface area contributed by atoms with Gasteiger partial charge in [0, 0.05) is 11.1 Å². The Bertz CT molecular complexity index is 1800. The van der Waals surface area contributed by atoms with Gasteiger partial charge >= 0.3 is 18.2 Å². The van der Waals surface area contributed by atoms with Gasteiger partial charge in [0.25, 0.3) is 0 Å². The van der Waals surface area contributed by atoms with E-state index in [1.165, 1.54) is 36.4 Å². The molecule has 19 heteroatoms. The lowest BCUT2D eigenvalue weighted by Gasteiger charge is -2.24. The van der Waals surface area contributed by atoms with Crippen LogP contribution in [0.25, 0.3) is 22.8 Å². The van der Waals surface area contributed by atoms with Gasteiger partial charge in [-0.25, -0.2) is 8.42 Å². The number of rotatable bonds is 5. The van der Waals surface area contributed by atoms with Gasteiger partial charge in [-0.2, -0.15) is 31.3 Å². The maximum absolute atomic E-state index is 13.4. The molecule has 1 unspecified atom stereocenters. The number of carbonyl (C=O) groups excluding carboxylic acids is 1. The number of hydrogen-bond donors (Lipinski definition) is 2. The fourth-order valence-electron chi connectivity index (χ4n) is 4.07. The molecule has 0 spiro atoms. The SMILES string of the molecule is CC(N)(c1nnc(-c2ccc3c(c2)N(Cc2ccc(-c4noc(C(F)(F)F)n4)cc2)C(=O)[C@@H](N)CS3(=O)=O)o1)C(F)(F)F. The second kappa shape index (κ2) is 10.1. The van der Waals surface area contributed by atoms with E-state index < -0.39 is 63.1 Å². The number of alkyl halides is 6. The molecular formula is C24H19F6N7O5S. The van der Waals surface area contributed by atoms with E-state index >= 15 is 0 Å². The summed E-state index contributed by atoms with van der Waals surface area (Å²) in [6.07, 6.45) is -9.77. The summed E-state index contributed by atoms with van der Waals surface area (Å²) in [7, 11) is -4.12. The van der Waals surface area contributed by atoms with Crippen molar-refractivity contribution in [2.45, 2.75) is 42.3 Å². The first-order valence-electron chi connectivity index (χ1n) is 12.0. The standard InChI is InChI=1S/C24H19F6N7O5S/c1-22(32,24(28,29)30)20-35-34-18(41-20)13-6-7-16-15(8-13)37(19(38)14(31)10-43(16,39)40)9-11-2-4-12(5-3-11)17-33-21(42-36-17)23(25,26)27/h2-8,14H,9-10,31-32H2,1H3/t14-,22?/m0/s1. The zero-order valence-electron chi connectivity index (χ0n) is 21.6. The minimum atomic E-state index is -4.93. The molecule has 4 aromatic rings. The van der Waals surface area contributed by atoms with Crippen molar-refractivity contribution in [2.75, 3.05) is 10.7 Å². The molecule has 228 valence electrons. The fraction of sp³-hybridized carbons (Fsp3) is 0.292. The van der Waals surface area contributed by atoms with Crippen molar-refractivity contribution < 1.29 is 48.5 Å². The first-order valence-corrected chi connectivity index (χ1v) is 13.7. The number of sulfone groups is 1. The normalized spacial score (nSPS) is 18.7. The highest BCUT2D eigenvalue weighted by Gasteiger charge is 2.53. The number of benzene rings is 2. The van der Waals surface area contributed by atoms with E-state index in [0.717, 1.165) is 11.0 Å². The molecule has 0 saturated carbocycles. The molecule has 1 aliphatic heterocycles. The van der Waals surface area contributed by atoms with Crippen LogP contribution < -0.4 is 16.4 Å². The monoisotopic (exact) mass is 631 g/mol. The third-order valence-electron chi connectivity index (χ3n) is 6.49. The Labute approximate surface area is 237 Å². The molecule has 1 amide bonds. The number of halogens is 6. The van der Waals surface area contributed by atoms with E-state index in [4.69, 9.17) is 15.9 Å². The quantitative estimate of drug-likeness (QED) is 0.308. The molecule has 5 rings (SSSR count). The van der Waals surface area contributed by atoms with Gasteiger partial charge in [0.15, 0.2) is 15.4 Å². The van der Waals surface area contributed by atoms with Crippen LogP contribution in [0.4, 0.5) is 32.0 Å². The summed E-state index contributed by atoms with van der Waals surface area (Å²) in [5.74, 6) is -4.78. The van der Waals surface area contributed by atoms with Crippen LogP contribution in [0, 0.1) is 0 Å². The van der Waals surface area contributed by atoms with Gasteiger partial charge in [-0.15, -0.1) is 10.2 Å². The number of aromatic nitrogens is 4. The molecule has 0 aliphatic carbocycles. The number of fused-ring (bicyclic) bond motifs is 1. The number of hydrogen-bond acceptors (Lipinski definition) is 11. The summed E-state index contributed by atoms with van der Waals surface area (Å²) in [6, 6.07) is 7.64. The van der Waals surface area contributed by atoms with Crippen LogP contribution in [0.3, 0.4) is 0 Å². The Hall–Kier alpha value is -4.36. The highest BCUT2D eigenvalue weighted by Crippen LogP contribution is 2.39. The number of amides is 1. The number of nitrogens with two attached hydrogens (primary N) is 2. The number of anilines is 1. The fourth-order valence-corrected chi connectivity index (χ4v) is 5.63. The summed E-state index contributed by atoms with van der Waals surface area (Å²) in [5.41, 5.74) is 8.64. The van der Waals surface area contributed by atoms with Crippen LogP contribution in [0.5, 0.6) is 0 Å². The highest BCUT2D eigenvalue weighted by atomic mass is 32.2. The van der Waals surface area contributed by atoms with E-state index in [0.29, 0.717) is 12.5 Å². The van der Waals surface area contributed by atoms with E-state index in [9.17, 15) is 39.6 Å². The molecule has 1 aliphatic rings. The molecule has 0 bridgehead atoms. The van der Waals surface area contributed by atoms with Crippen molar-refractivity contribution in [1.82, 2.24) is 20.3 Å². The Balaban J connectivity index is 1.51. The largest absolute Gasteiger partial charge is 0.471 e. The molecular weight excluding hydrogens is 612 g/mol. The lowest BCUT2D eigenvalue weighted by molar-refractivity contribution is -0.190. The predicted octanol–water partition coefficient (Wildman–Crippen LogP) is 3.19. The van der Waals surface area contributed by atoms with Gasteiger partial charge in [-0.05, 0) is 30.7 Å². The van der Waals surface area contributed by atoms with E-state index in [1.807, 2.05) is 0 Å². The molecule has 2 atom stereocenters. The van der Waals surface area contributed by atoms with Gasteiger partial charge < -0.3 is 25.3 Å². The first-order chi connectivity index (χ1) is 19.9. The van der Waals surface area contributed by atoms with Crippen LogP contribution >= 0.6 is 0 Å². The van der Waals surface area contributed by atoms with Crippen molar-refractivity contribution in [2.24, 2.45) is 11.5 Å². The third-order valence-corrected chi connectivity index (χ3v) is 8.31. The van der Waals surface area contributed by atoms with Gasteiger partial charge in [0.1, 0.15) is 0 Å². The minimum Gasteiger partial charge on any atom is -0.418 e.